The fourth-order valence-corrected chi connectivity index (χ4v) is 3.33. The lowest BCUT2D eigenvalue weighted by molar-refractivity contribution is 0.112. The van der Waals surface area contributed by atoms with Crippen LogP contribution < -0.4 is 5.32 Å². The number of carbonyl (C=O) groups excluding carboxylic acids is 1. The lowest BCUT2D eigenvalue weighted by Crippen LogP contribution is -2.10. The van der Waals surface area contributed by atoms with E-state index >= 15 is 0 Å². The zero-order valence-corrected chi connectivity index (χ0v) is 16.1. The molecule has 3 heterocycles. The molecule has 0 amide bonds. The second-order valence-corrected chi connectivity index (χ2v) is 6.94. The molecule has 0 fully saturated rings. The van der Waals surface area contributed by atoms with Crippen LogP contribution >= 0.6 is 15.9 Å². The molecule has 1 atom stereocenters. The number of fused-ring (bicyclic) bond motifs is 1. The quantitative estimate of drug-likeness (QED) is 0.478. The first-order valence-corrected chi connectivity index (χ1v) is 9.22. The first kappa shape index (κ1) is 17.4. The molecule has 0 spiro atoms. The van der Waals surface area contributed by atoms with E-state index in [0.717, 1.165) is 22.0 Å². The summed E-state index contributed by atoms with van der Waals surface area (Å²) in [7, 11) is 0. The average Bonchev–Trinajstić information content (AvgIpc) is 3.14. The molecule has 134 valence electrons. The Morgan fingerprint density at radius 3 is 2.70 bits per heavy atom. The lowest BCUT2D eigenvalue weighted by atomic mass is 10.1. The minimum absolute atomic E-state index is 0.0593. The van der Waals surface area contributed by atoms with Gasteiger partial charge < -0.3 is 5.32 Å². The number of aldehydes is 1. The smallest absolute Gasteiger partial charge is 0.223 e. The molecule has 0 saturated heterocycles. The van der Waals surface area contributed by atoms with Crippen molar-refractivity contribution in [2.45, 2.75) is 13.0 Å². The van der Waals surface area contributed by atoms with Gasteiger partial charge in [-0.2, -0.15) is 0 Å². The maximum absolute atomic E-state index is 11.2. The van der Waals surface area contributed by atoms with Crippen molar-refractivity contribution in [2.24, 2.45) is 0 Å². The molecule has 7 heteroatoms. The molecule has 0 saturated carbocycles. The predicted molar refractivity (Wildman–Crippen MR) is 108 cm³/mol. The van der Waals surface area contributed by atoms with Crippen LogP contribution in [0.5, 0.6) is 0 Å². The molecule has 3 aromatic heterocycles. The van der Waals surface area contributed by atoms with E-state index in [1.165, 1.54) is 0 Å². The molecule has 27 heavy (non-hydrogen) atoms. The van der Waals surface area contributed by atoms with Crippen molar-refractivity contribution in [3.05, 3.63) is 76.7 Å². The molecule has 4 aromatic rings. The number of rotatable bonds is 5. The van der Waals surface area contributed by atoms with E-state index in [4.69, 9.17) is 0 Å². The van der Waals surface area contributed by atoms with Gasteiger partial charge in [-0.1, -0.05) is 30.3 Å². The van der Waals surface area contributed by atoms with Gasteiger partial charge in [-0.15, -0.1) is 0 Å². The van der Waals surface area contributed by atoms with Crippen LogP contribution in [0.15, 0.2) is 65.5 Å². The Hall–Kier alpha value is -3.06. The van der Waals surface area contributed by atoms with Gasteiger partial charge in [0.25, 0.3) is 0 Å². The number of hydrogen-bond acceptors (Lipinski definition) is 5. The maximum Gasteiger partial charge on any atom is 0.223 e. The number of pyridine rings is 1. The summed E-state index contributed by atoms with van der Waals surface area (Å²) in [6, 6.07) is 13.7. The van der Waals surface area contributed by atoms with Crippen LogP contribution in [-0.2, 0) is 0 Å². The van der Waals surface area contributed by atoms with Crippen molar-refractivity contribution < 1.29 is 4.79 Å². The number of hydrogen-bond donors (Lipinski definition) is 1. The highest BCUT2D eigenvalue weighted by Gasteiger charge is 2.15. The van der Waals surface area contributed by atoms with Crippen molar-refractivity contribution in [2.75, 3.05) is 5.32 Å². The van der Waals surface area contributed by atoms with Gasteiger partial charge in [-0.25, -0.2) is 15.0 Å². The maximum atomic E-state index is 11.2. The largest absolute Gasteiger partial charge is 0.348 e. The summed E-state index contributed by atoms with van der Waals surface area (Å²) in [5.74, 6) is 0.519. The molecule has 1 aromatic carbocycles. The Morgan fingerprint density at radius 2 is 1.93 bits per heavy atom. The number of nitrogens with zero attached hydrogens (tertiary/aromatic N) is 4. The highest BCUT2D eigenvalue weighted by molar-refractivity contribution is 9.10. The van der Waals surface area contributed by atoms with Crippen molar-refractivity contribution in [1.82, 2.24) is 19.4 Å². The van der Waals surface area contributed by atoms with E-state index in [-0.39, 0.29) is 6.04 Å². The molecule has 6 nitrogen and oxygen atoms in total. The zero-order valence-electron chi connectivity index (χ0n) is 14.5. The lowest BCUT2D eigenvalue weighted by Gasteiger charge is -2.15. The highest BCUT2D eigenvalue weighted by atomic mass is 79.9. The number of halogens is 1. The predicted octanol–water partition coefficient (Wildman–Crippen LogP) is 4.54. The SMILES string of the molecule is C[C@H](Nc1ncc(Br)c(-c2cnc3c(C=O)cccn23)n1)c1ccccc1. The van der Waals surface area contributed by atoms with Crippen LogP contribution in [0.3, 0.4) is 0 Å². The normalized spacial score (nSPS) is 12.1. The number of aromatic nitrogens is 4. The fourth-order valence-electron chi connectivity index (χ4n) is 2.93. The topological polar surface area (TPSA) is 72.2 Å². The Kier molecular flexibility index (Phi) is 4.68. The van der Waals surface area contributed by atoms with E-state index in [2.05, 4.69) is 55.3 Å². The zero-order chi connectivity index (χ0) is 18.8. The molecular formula is C20H16BrN5O. The summed E-state index contributed by atoms with van der Waals surface area (Å²) in [6.07, 6.45) is 6.08. The highest BCUT2D eigenvalue weighted by Crippen LogP contribution is 2.28. The third-order valence-corrected chi connectivity index (χ3v) is 4.91. The summed E-state index contributed by atoms with van der Waals surface area (Å²) >= 11 is 3.52. The summed E-state index contributed by atoms with van der Waals surface area (Å²) < 4.78 is 2.60. The number of anilines is 1. The van der Waals surface area contributed by atoms with E-state index < -0.39 is 0 Å². The molecular weight excluding hydrogens is 406 g/mol. The monoisotopic (exact) mass is 421 g/mol. The Balaban J connectivity index is 1.72. The van der Waals surface area contributed by atoms with Gasteiger partial charge >= 0.3 is 0 Å². The number of imidazole rings is 1. The van der Waals surface area contributed by atoms with E-state index in [1.54, 1.807) is 18.5 Å². The molecule has 0 unspecified atom stereocenters. The molecule has 0 bridgehead atoms. The van der Waals surface area contributed by atoms with Gasteiger partial charge in [0.1, 0.15) is 11.3 Å². The van der Waals surface area contributed by atoms with Crippen molar-refractivity contribution in [3.8, 4) is 11.4 Å². The van der Waals surface area contributed by atoms with Crippen molar-refractivity contribution >= 4 is 33.8 Å². The average molecular weight is 422 g/mol. The van der Waals surface area contributed by atoms with E-state index in [0.29, 0.717) is 22.9 Å². The molecule has 1 N–H and O–H groups in total. The minimum Gasteiger partial charge on any atom is -0.348 e. The molecule has 4 rings (SSSR count). The molecule has 0 radical (unpaired) electrons. The first-order chi connectivity index (χ1) is 13.2. The minimum atomic E-state index is 0.0593. The van der Waals surface area contributed by atoms with Crippen molar-refractivity contribution in [1.29, 1.82) is 0 Å². The summed E-state index contributed by atoms with van der Waals surface area (Å²) in [4.78, 5) is 24.7. The van der Waals surface area contributed by atoms with Gasteiger partial charge in [0.15, 0.2) is 6.29 Å². The van der Waals surface area contributed by atoms with Gasteiger partial charge in [0, 0.05) is 12.4 Å². The first-order valence-electron chi connectivity index (χ1n) is 8.43. The third-order valence-electron chi connectivity index (χ3n) is 4.32. The summed E-state index contributed by atoms with van der Waals surface area (Å²) in [5, 5.41) is 3.33. The molecule has 0 aliphatic rings. The van der Waals surface area contributed by atoms with Gasteiger partial charge in [-0.05, 0) is 40.5 Å². The second-order valence-electron chi connectivity index (χ2n) is 6.09. The van der Waals surface area contributed by atoms with Gasteiger partial charge in [-0.3, -0.25) is 9.20 Å². The van der Waals surface area contributed by atoms with Gasteiger partial charge in [0.2, 0.25) is 5.95 Å². The van der Waals surface area contributed by atoms with Crippen molar-refractivity contribution in [3.63, 3.8) is 0 Å². The Bertz CT molecular complexity index is 1110. The number of nitrogens with one attached hydrogen (secondary N) is 1. The second kappa shape index (κ2) is 7.28. The Labute approximate surface area is 164 Å². The standard InChI is InChI=1S/C20H16BrN5O/c1-13(14-6-3-2-4-7-14)24-20-23-10-16(21)18(25-20)17-11-22-19-15(12-27)8-5-9-26(17)19/h2-13H,1H3,(H,23,24,25)/t13-/m0/s1. The Morgan fingerprint density at radius 1 is 1.11 bits per heavy atom. The summed E-state index contributed by atoms with van der Waals surface area (Å²) in [6.45, 7) is 2.06. The van der Waals surface area contributed by atoms with Crippen LogP contribution in [-0.4, -0.2) is 25.6 Å². The van der Waals surface area contributed by atoms with Crippen LogP contribution in [0, 0.1) is 0 Å². The van der Waals surface area contributed by atoms with Crippen LogP contribution in [0.4, 0.5) is 5.95 Å². The number of benzene rings is 1. The fraction of sp³-hybridized carbons (Fsp3) is 0.100. The third kappa shape index (κ3) is 3.33. The van der Waals surface area contributed by atoms with E-state index in [9.17, 15) is 4.79 Å². The van der Waals surface area contributed by atoms with Gasteiger partial charge in [0.05, 0.1) is 28.0 Å². The van der Waals surface area contributed by atoms with Crippen LogP contribution in [0.2, 0.25) is 0 Å². The molecule has 0 aliphatic heterocycles. The number of carbonyl (C=O) groups is 1. The van der Waals surface area contributed by atoms with Crippen LogP contribution in [0.1, 0.15) is 28.9 Å². The summed E-state index contributed by atoms with van der Waals surface area (Å²) in [5.41, 5.74) is 3.75. The molecule has 0 aliphatic carbocycles. The van der Waals surface area contributed by atoms with Crippen LogP contribution in [0.25, 0.3) is 17.0 Å². The van der Waals surface area contributed by atoms with E-state index in [1.807, 2.05) is 34.9 Å².